The fourth-order valence-corrected chi connectivity index (χ4v) is 3.06. The number of hydrogen-bond acceptors (Lipinski definition) is 3. The van der Waals surface area contributed by atoms with Crippen LogP contribution in [-0.4, -0.2) is 30.2 Å². The number of rotatable bonds is 0. The molecule has 0 aromatic heterocycles. The lowest BCUT2D eigenvalue weighted by Gasteiger charge is -2.21. The van der Waals surface area contributed by atoms with E-state index < -0.39 is 11.9 Å². The minimum absolute atomic E-state index is 0.0939. The second kappa shape index (κ2) is 4.78. The Kier molecular flexibility index (Phi) is 3.14. The summed E-state index contributed by atoms with van der Waals surface area (Å²) >= 11 is 0. The summed E-state index contributed by atoms with van der Waals surface area (Å²) in [6, 6.07) is 0. The quantitative estimate of drug-likeness (QED) is 0.648. The highest BCUT2D eigenvalue weighted by molar-refractivity contribution is 5.27. The van der Waals surface area contributed by atoms with E-state index in [-0.39, 0.29) is 5.92 Å². The molecule has 1 aliphatic heterocycles. The Morgan fingerprint density at radius 1 is 1.11 bits per heavy atom. The van der Waals surface area contributed by atoms with Crippen molar-refractivity contribution >= 4 is 0 Å². The number of hydrogen-bond donors (Lipinski definition) is 1. The van der Waals surface area contributed by atoms with Crippen LogP contribution in [0.15, 0.2) is 12.2 Å². The van der Waals surface area contributed by atoms with Crippen LogP contribution in [0.1, 0.15) is 19.3 Å². The number of aliphatic hydroxyl groups excluding tert-OH is 1. The topological polar surface area (TPSA) is 38.7 Å². The van der Waals surface area contributed by atoms with Gasteiger partial charge in [-0.2, -0.15) is 0 Å². The number of ether oxygens (including phenoxy) is 2. The third-order valence-electron chi connectivity index (χ3n) is 3.89. The van der Waals surface area contributed by atoms with Gasteiger partial charge in [-0.05, 0) is 18.1 Å². The normalized spacial score (nSPS) is 38.2. The van der Waals surface area contributed by atoms with Crippen LogP contribution in [0.3, 0.4) is 0 Å². The van der Waals surface area contributed by atoms with E-state index in [9.17, 15) is 5.11 Å². The SMILES string of the molecule is OC1C#C/C=C\C#CC[C@H]2CC3(C[C@H]12)OCCO3. The van der Waals surface area contributed by atoms with E-state index in [1.54, 1.807) is 12.2 Å². The summed E-state index contributed by atoms with van der Waals surface area (Å²) in [6.07, 6.45) is 5.10. The molecule has 1 saturated heterocycles. The first-order chi connectivity index (χ1) is 8.79. The minimum Gasteiger partial charge on any atom is -0.380 e. The zero-order chi connectivity index (χ0) is 12.4. The summed E-state index contributed by atoms with van der Waals surface area (Å²) in [5.74, 6) is 11.7. The Balaban J connectivity index is 1.84. The molecule has 3 heteroatoms. The van der Waals surface area contributed by atoms with Crippen LogP contribution in [0.5, 0.6) is 0 Å². The molecule has 2 aliphatic carbocycles. The minimum atomic E-state index is -0.619. The van der Waals surface area contributed by atoms with Crippen molar-refractivity contribution in [3.8, 4) is 23.7 Å². The molecule has 3 nitrogen and oxygen atoms in total. The third kappa shape index (κ3) is 2.18. The monoisotopic (exact) mass is 244 g/mol. The predicted octanol–water partition coefficient (Wildman–Crippen LogP) is 1.08. The summed E-state index contributed by atoms with van der Waals surface area (Å²) < 4.78 is 11.5. The van der Waals surface area contributed by atoms with Crippen LogP contribution in [0.4, 0.5) is 0 Å². The van der Waals surface area contributed by atoms with Gasteiger partial charge in [0.25, 0.3) is 0 Å². The van der Waals surface area contributed by atoms with Crippen LogP contribution in [-0.2, 0) is 9.47 Å². The van der Waals surface area contributed by atoms with Crippen molar-refractivity contribution in [2.45, 2.75) is 31.2 Å². The fraction of sp³-hybridized carbons (Fsp3) is 0.600. The smallest absolute Gasteiger partial charge is 0.169 e. The predicted molar refractivity (Wildman–Crippen MR) is 66.2 cm³/mol. The first-order valence-electron chi connectivity index (χ1n) is 6.40. The van der Waals surface area contributed by atoms with Crippen molar-refractivity contribution in [2.75, 3.05) is 13.2 Å². The van der Waals surface area contributed by atoms with E-state index in [1.165, 1.54) is 0 Å². The zero-order valence-electron chi connectivity index (χ0n) is 10.2. The Bertz CT molecular complexity index is 465. The lowest BCUT2D eigenvalue weighted by atomic mass is 9.88. The summed E-state index contributed by atoms with van der Waals surface area (Å²) in [7, 11) is 0. The molecule has 0 bridgehead atoms. The van der Waals surface area contributed by atoms with Gasteiger partial charge in [-0.25, -0.2) is 0 Å². The molecule has 2 fully saturated rings. The van der Waals surface area contributed by atoms with Crippen molar-refractivity contribution in [2.24, 2.45) is 11.8 Å². The highest BCUT2D eigenvalue weighted by Crippen LogP contribution is 2.47. The molecular formula is C15H16O3. The van der Waals surface area contributed by atoms with E-state index >= 15 is 0 Å². The molecule has 94 valence electrons. The van der Waals surface area contributed by atoms with E-state index in [0.717, 1.165) is 19.3 Å². The number of fused-ring (bicyclic) bond motifs is 1. The Labute approximate surface area is 107 Å². The molecule has 0 aromatic rings. The molecule has 18 heavy (non-hydrogen) atoms. The van der Waals surface area contributed by atoms with Crippen LogP contribution in [0.25, 0.3) is 0 Å². The standard InChI is InChI=1S/C15H16O3/c16-14-7-5-3-1-2-4-6-12-10-15(11-13(12)14)17-8-9-18-15/h1,3,12-14,16H,6,8-11H2/b3-1-/t12-,13-,14?/m0/s1. The molecule has 0 radical (unpaired) electrons. The van der Waals surface area contributed by atoms with E-state index in [2.05, 4.69) is 23.7 Å². The highest BCUT2D eigenvalue weighted by Gasteiger charge is 2.50. The van der Waals surface area contributed by atoms with Crippen LogP contribution in [0.2, 0.25) is 0 Å². The average molecular weight is 244 g/mol. The summed E-state index contributed by atoms with van der Waals surface area (Å²) in [6.45, 7) is 1.29. The van der Waals surface area contributed by atoms with Crippen LogP contribution in [0, 0.1) is 35.5 Å². The summed E-state index contributed by atoms with van der Waals surface area (Å²) in [5.41, 5.74) is 0. The molecule has 1 unspecified atom stereocenters. The lowest BCUT2D eigenvalue weighted by molar-refractivity contribution is -0.155. The molecule has 1 saturated carbocycles. The van der Waals surface area contributed by atoms with E-state index in [0.29, 0.717) is 19.1 Å². The lowest BCUT2D eigenvalue weighted by Crippen LogP contribution is -2.28. The van der Waals surface area contributed by atoms with Gasteiger partial charge >= 0.3 is 0 Å². The second-order valence-corrected chi connectivity index (χ2v) is 5.03. The van der Waals surface area contributed by atoms with Gasteiger partial charge in [0, 0.05) is 25.2 Å². The largest absolute Gasteiger partial charge is 0.380 e. The molecule has 1 N–H and O–H groups in total. The van der Waals surface area contributed by atoms with Crippen LogP contribution >= 0.6 is 0 Å². The van der Waals surface area contributed by atoms with Gasteiger partial charge < -0.3 is 14.6 Å². The number of aliphatic hydroxyl groups is 1. The summed E-state index contributed by atoms with van der Waals surface area (Å²) in [5, 5.41) is 10.2. The first-order valence-corrected chi connectivity index (χ1v) is 6.40. The van der Waals surface area contributed by atoms with Gasteiger partial charge in [0.05, 0.1) is 13.2 Å². The van der Waals surface area contributed by atoms with Crippen molar-refractivity contribution in [3.63, 3.8) is 0 Å². The van der Waals surface area contributed by atoms with Gasteiger partial charge in [-0.3, -0.25) is 0 Å². The fourth-order valence-electron chi connectivity index (χ4n) is 3.06. The van der Waals surface area contributed by atoms with Crippen molar-refractivity contribution < 1.29 is 14.6 Å². The third-order valence-corrected chi connectivity index (χ3v) is 3.89. The van der Waals surface area contributed by atoms with Gasteiger partial charge in [0.15, 0.2) is 5.79 Å². The van der Waals surface area contributed by atoms with Gasteiger partial charge in [0.1, 0.15) is 6.10 Å². The first kappa shape index (κ1) is 11.8. The molecule has 3 atom stereocenters. The Hall–Kier alpha value is -1.26. The highest BCUT2D eigenvalue weighted by atomic mass is 16.7. The van der Waals surface area contributed by atoms with E-state index in [4.69, 9.17) is 9.47 Å². The zero-order valence-corrected chi connectivity index (χ0v) is 10.2. The second-order valence-electron chi connectivity index (χ2n) is 5.03. The molecule has 1 spiro atoms. The van der Waals surface area contributed by atoms with Crippen LogP contribution < -0.4 is 0 Å². The maximum atomic E-state index is 10.2. The molecule has 1 heterocycles. The molecule has 3 rings (SSSR count). The van der Waals surface area contributed by atoms with Gasteiger partial charge in [-0.15, -0.1) is 0 Å². The van der Waals surface area contributed by atoms with E-state index in [1.807, 2.05) is 0 Å². The molecule has 0 amide bonds. The maximum absolute atomic E-state index is 10.2. The summed E-state index contributed by atoms with van der Waals surface area (Å²) in [4.78, 5) is 0. The molecule has 3 aliphatic rings. The van der Waals surface area contributed by atoms with Gasteiger partial charge in [-0.1, -0.05) is 23.7 Å². The van der Waals surface area contributed by atoms with Gasteiger partial charge in [0.2, 0.25) is 0 Å². The number of allylic oxidation sites excluding steroid dienone is 2. The Morgan fingerprint density at radius 3 is 2.72 bits per heavy atom. The molecular weight excluding hydrogens is 228 g/mol. The van der Waals surface area contributed by atoms with Crippen molar-refractivity contribution in [1.29, 1.82) is 0 Å². The van der Waals surface area contributed by atoms with Crippen molar-refractivity contribution in [1.82, 2.24) is 0 Å². The van der Waals surface area contributed by atoms with Crippen molar-refractivity contribution in [3.05, 3.63) is 12.2 Å². The maximum Gasteiger partial charge on any atom is 0.169 e. The average Bonchev–Trinajstić information content (AvgIpc) is 2.96. The molecule has 0 aromatic carbocycles. The Morgan fingerprint density at radius 2 is 1.89 bits per heavy atom.